The lowest BCUT2D eigenvalue weighted by Gasteiger charge is -1.86. The summed E-state index contributed by atoms with van der Waals surface area (Å²) in [5, 5.41) is 3.96. The Balaban J connectivity index is 2.90. The Labute approximate surface area is 64.8 Å². The Morgan fingerprint density at radius 3 is 3.00 bits per heavy atom. The average molecular weight is 154 g/mol. The van der Waals surface area contributed by atoms with Crippen molar-refractivity contribution in [2.75, 3.05) is 0 Å². The Morgan fingerprint density at radius 2 is 2.40 bits per heavy atom. The highest BCUT2D eigenvalue weighted by Gasteiger charge is 1.99. The Morgan fingerprint density at radius 1 is 1.60 bits per heavy atom. The van der Waals surface area contributed by atoms with Crippen LogP contribution in [0.15, 0.2) is 6.08 Å². The minimum Gasteiger partial charge on any atom is -0.138 e. The number of aryl methyl sites for hydroxylation is 1. The lowest BCUT2D eigenvalue weighted by atomic mass is 10.3. The zero-order valence-electron chi connectivity index (χ0n) is 6.16. The van der Waals surface area contributed by atoms with Gasteiger partial charge in [0, 0.05) is 0 Å². The third-order valence-corrected chi connectivity index (χ3v) is 2.11. The molecule has 0 saturated heterocycles. The highest BCUT2D eigenvalue weighted by Crippen LogP contribution is 2.11. The molecule has 0 fully saturated rings. The van der Waals surface area contributed by atoms with Crippen molar-refractivity contribution in [3.8, 4) is 0 Å². The first-order valence-electron chi connectivity index (χ1n) is 3.32. The van der Waals surface area contributed by atoms with E-state index in [9.17, 15) is 0 Å². The molecule has 0 aromatic carbocycles. The van der Waals surface area contributed by atoms with Gasteiger partial charge in [0.1, 0.15) is 5.69 Å². The lowest BCUT2D eigenvalue weighted by molar-refractivity contribution is 1.10. The molecule has 0 spiro atoms. The Bertz CT molecular complexity index is 227. The highest BCUT2D eigenvalue weighted by atomic mass is 32.1. The van der Waals surface area contributed by atoms with Crippen LogP contribution in [0.4, 0.5) is 0 Å². The van der Waals surface area contributed by atoms with Crippen LogP contribution in [0.1, 0.15) is 24.4 Å². The summed E-state index contributed by atoms with van der Waals surface area (Å²) in [5.74, 6) is 0. The van der Waals surface area contributed by atoms with Crippen LogP contribution in [0.3, 0.4) is 0 Å². The molecule has 1 rings (SSSR count). The third kappa shape index (κ3) is 1.42. The van der Waals surface area contributed by atoms with Crippen LogP contribution in [-0.4, -0.2) is 9.59 Å². The molecule has 0 aliphatic rings. The van der Waals surface area contributed by atoms with Gasteiger partial charge >= 0.3 is 0 Å². The molecule has 3 heteroatoms. The van der Waals surface area contributed by atoms with Crippen molar-refractivity contribution >= 4 is 17.6 Å². The summed E-state index contributed by atoms with van der Waals surface area (Å²) in [6, 6.07) is 0. The Kier molecular flexibility index (Phi) is 2.57. The molecule has 0 aliphatic carbocycles. The molecule has 0 saturated carbocycles. The largest absolute Gasteiger partial charge is 0.138 e. The van der Waals surface area contributed by atoms with E-state index in [0.29, 0.717) is 0 Å². The first-order valence-corrected chi connectivity index (χ1v) is 4.09. The maximum absolute atomic E-state index is 3.96. The summed E-state index contributed by atoms with van der Waals surface area (Å²) >= 11 is 1.48. The second kappa shape index (κ2) is 3.46. The van der Waals surface area contributed by atoms with Crippen molar-refractivity contribution in [1.29, 1.82) is 0 Å². The van der Waals surface area contributed by atoms with Crippen LogP contribution < -0.4 is 0 Å². The smallest absolute Gasteiger partial charge is 0.101 e. The van der Waals surface area contributed by atoms with Crippen LogP contribution >= 0.6 is 11.5 Å². The second-order valence-electron chi connectivity index (χ2n) is 1.93. The molecule has 0 atom stereocenters. The van der Waals surface area contributed by atoms with Crippen LogP contribution in [0.5, 0.6) is 0 Å². The molecule has 0 amide bonds. The summed E-state index contributed by atoms with van der Waals surface area (Å²) < 4.78 is 3.85. The van der Waals surface area contributed by atoms with E-state index in [1.165, 1.54) is 16.4 Å². The zero-order chi connectivity index (χ0) is 7.40. The van der Waals surface area contributed by atoms with E-state index >= 15 is 0 Å². The maximum atomic E-state index is 3.96. The maximum Gasteiger partial charge on any atom is 0.101 e. The van der Waals surface area contributed by atoms with Crippen molar-refractivity contribution in [2.24, 2.45) is 0 Å². The first kappa shape index (κ1) is 7.41. The van der Waals surface area contributed by atoms with Crippen LogP contribution in [0, 0.1) is 0 Å². The number of rotatable bonds is 2. The molecule has 1 aromatic rings. The van der Waals surface area contributed by atoms with Gasteiger partial charge in [-0.2, -0.15) is 0 Å². The van der Waals surface area contributed by atoms with Gasteiger partial charge in [-0.25, -0.2) is 0 Å². The normalized spacial score (nSPS) is 11.0. The summed E-state index contributed by atoms with van der Waals surface area (Å²) in [7, 11) is 0. The van der Waals surface area contributed by atoms with Gasteiger partial charge in [0.15, 0.2) is 0 Å². The quantitative estimate of drug-likeness (QED) is 0.652. The molecule has 1 aromatic heterocycles. The summed E-state index contributed by atoms with van der Waals surface area (Å²) in [5.41, 5.74) is 1.02. The molecular weight excluding hydrogens is 144 g/mol. The second-order valence-corrected chi connectivity index (χ2v) is 2.77. The molecule has 0 N–H and O–H groups in total. The highest BCUT2D eigenvalue weighted by molar-refractivity contribution is 7.05. The van der Waals surface area contributed by atoms with Crippen molar-refractivity contribution in [1.82, 2.24) is 9.59 Å². The van der Waals surface area contributed by atoms with Gasteiger partial charge in [0.05, 0.1) is 4.88 Å². The van der Waals surface area contributed by atoms with E-state index in [-0.39, 0.29) is 0 Å². The van der Waals surface area contributed by atoms with Gasteiger partial charge < -0.3 is 0 Å². The van der Waals surface area contributed by atoms with Crippen molar-refractivity contribution < 1.29 is 0 Å². The van der Waals surface area contributed by atoms with E-state index < -0.39 is 0 Å². The van der Waals surface area contributed by atoms with Crippen molar-refractivity contribution in [3.05, 3.63) is 16.6 Å². The van der Waals surface area contributed by atoms with Gasteiger partial charge in [0.25, 0.3) is 0 Å². The predicted molar refractivity (Wildman–Crippen MR) is 44.0 cm³/mol. The summed E-state index contributed by atoms with van der Waals surface area (Å²) in [6.45, 7) is 4.10. The molecular formula is C7H10N2S. The van der Waals surface area contributed by atoms with Gasteiger partial charge in [-0.15, -0.1) is 5.10 Å². The van der Waals surface area contributed by atoms with Gasteiger partial charge in [-0.1, -0.05) is 17.5 Å². The minimum absolute atomic E-state index is 1.02. The van der Waals surface area contributed by atoms with E-state index in [4.69, 9.17) is 0 Å². The number of hydrogen-bond acceptors (Lipinski definition) is 3. The van der Waals surface area contributed by atoms with E-state index in [2.05, 4.69) is 16.5 Å². The third-order valence-electron chi connectivity index (χ3n) is 1.23. The molecule has 0 aliphatic heterocycles. The number of allylic oxidation sites excluding steroid dienone is 1. The predicted octanol–water partition coefficient (Wildman–Crippen LogP) is 2.13. The average Bonchev–Trinajstić information content (AvgIpc) is 2.36. The van der Waals surface area contributed by atoms with Crippen LogP contribution in [0.25, 0.3) is 6.08 Å². The SMILES string of the molecule is C/C=C\c1nnsc1CC. The van der Waals surface area contributed by atoms with E-state index in [0.717, 1.165) is 12.1 Å². The fourth-order valence-electron chi connectivity index (χ4n) is 0.746. The molecule has 2 nitrogen and oxygen atoms in total. The molecule has 1 heterocycles. The van der Waals surface area contributed by atoms with Crippen LogP contribution in [0.2, 0.25) is 0 Å². The van der Waals surface area contributed by atoms with Gasteiger partial charge in [0.2, 0.25) is 0 Å². The standard InChI is InChI=1S/C7H10N2S/c1-3-5-6-7(4-2)10-9-8-6/h3,5H,4H2,1-2H3/b5-3-. The van der Waals surface area contributed by atoms with Crippen LogP contribution in [-0.2, 0) is 6.42 Å². The molecule has 0 bridgehead atoms. The summed E-state index contributed by atoms with van der Waals surface area (Å²) in [6.07, 6.45) is 5.00. The monoisotopic (exact) mass is 154 g/mol. The molecule has 10 heavy (non-hydrogen) atoms. The zero-order valence-corrected chi connectivity index (χ0v) is 6.98. The van der Waals surface area contributed by atoms with Gasteiger partial charge in [-0.3, -0.25) is 0 Å². The molecule has 54 valence electrons. The minimum atomic E-state index is 1.02. The molecule has 0 radical (unpaired) electrons. The van der Waals surface area contributed by atoms with E-state index in [1.807, 2.05) is 19.1 Å². The fourth-order valence-corrected chi connectivity index (χ4v) is 1.30. The van der Waals surface area contributed by atoms with Gasteiger partial charge in [-0.05, 0) is 31.0 Å². The number of nitrogens with zero attached hydrogens (tertiary/aromatic N) is 2. The summed E-state index contributed by atoms with van der Waals surface area (Å²) in [4.78, 5) is 1.26. The van der Waals surface area contributed by atoms with E-state index in [1.54, 1.807) is 0 Å². The molecule has 0 unspecified atom stereocenters. The lowest BCUT2D eigenvalue weighted by Crippen LogP contribution is -1.78. The first-order chi connectivity index (χ1) is 4.88. The number of hydrogen-bond donors (Lipinski definition) is 0. The number of aromatic nitrogens is 2. The Hall–Kier alpha value is -0.700. The van der Waals surface area contributed by atoms with Crippen molar-refractivity contribution in [2.45, 2.75) is 20.3 Å². The fraction of sp³-hybridized carbons (Fsp3) is 0.429. The topological polar surface area (TPSA) is 25.8 Å². The van der Waals surface area contributed by atoms with Crippen molar-refractivity contribution in [3.63, 3.8) is 0 Å².